The van der Waals surface area contributed by atoms with E-state index in [1.165, 1.54) is 11.8 Å². The van der Waals surface area contributed by atoms with Crippen molar-refractivity contribution in [2.24, 2.45) is 11.3 Å². The zero-order valence-electron chi connectivity index (χ0n) is 22.0. The Bertz CT molecular complexity index is 958. The fraction of sp³-hybridized carbons (Fsp3) is 0.630. The summed E-state index contributed by atoms with van der Waals surface area (Å²) in [6.07, 6.45) is 5.06. The van der Waals surface area contributed by atoms with E-state index in [0.717, 1.165) is 50.0 Å². The average molecular weight is 517 g/mol. The van der Waals surface area contributed by atoms with Crippen LogP contribution in [-0.2, 0) is 16.1 Å². The summed E-state index contributed by atoms with van der Waals surface area (Å²) in [5.41, 5.74) is 0.442. The topological polar surface area (TPSA) is 97.6 Å². The van der Waals surface area contributed by atoms with E-state index < -0.39 is 11.5 Å². The number of ketones is 1. The van der Waals surface area contributed by atoms with Gasteiger partial charge in [-0.1, -0.05) is 75.2 Å². The van der Waals surface area contributed by atoms with Crippen LogP contribution in [0.3, 0.4) is 0 Å². The van der Waals surface area contributed by atoms with Crippen molar-refractivity contribution in [2.45, 2.75) is 70.2 Å². The normalized spacial score (nSPS) is 16.3. The molecule has 1 aromatic heterocycles. The first-order valence-electron chi connectivity index (χ1n) is 12.9. The summed E-state index contributed by atoms with van der Waals surface area (Å²) in [5.74, 6) is 0.481. The lowest BCUT2D eigenvalue weighted by Crippen LogP contribution is -2.51. The number of nitrogens with zero attached hydrogens (tertiary/aromatic N) is 3. The average Bonchev–Trinajstić information content (AvgIpc) is 3.33. The Morgan fingerprint density at radius 1 is 1.14 bits per heavy atom. The highest BCUT2D eigenvalue weighted by atomic mass is 32.2. The summed E-state index contributed by atoms with van der Waals surface area (Å²) in [6.45, 7) is 5.71. The van der Waals surface area contributed by atoms with Crippen LogP contribution >= 0.6 is 11.8 Å². The summed E-state index contributed by atoms with van der Waals surface area (Å²) in [7, 11) is 3.99. The van der Waals surface area contributed by atoms with Crippen LogP contribution in [0.25, 0.3) is 0 Å². The molecule has 0 radical (unpaired) electrons. The van der Waals surface area contributed by atoms with Crippen molar-refractivity contribution < 1.29 is 18.7 Å². The van der Waals surface area contributed by atoms with Crippen LogP contribution in [0.5, 0.6) is 0 Å². The minimum atomic E-state index is -0.717. The largest absolute Gasteiger partial charge is 0.408 e. The van der Waals surface area contributed by atoms with Gasteiger partial charge in [0.1, 0.15) is 0 Å². The molecule has 1 atom stereocenters. The number of rotatable bonds is 14. The number of Topliss-reactive ketones (excluding diaryl/α,β-unsaturated/α-hetero) is 1. The number of benzene rings is 1. The molecule has 8 nitrogen and oxygen atoms in total. The molecule has 1 aliphatic carbocycles. The van der Waals surface area contributed by atoms with Crippen molar-refractivity contribution in [3.8, 4) is 0 Å². The van der Waals surface area contributed by atoms with Gasteiger partial charge in [-0.25, -0.2) is 0 Å². The number of thioether (sulfide) groups is 1. The van der Waals surface area contributed by atoms with Gasteiger partial charge in [0.2, 0.25) is 11.7 Å². The quantitative estimate of drug-likeness (QED) is 0.287. The maximum Gasteiger partial charge on any atom is 0.286 e. The lowest BCUT2D eigenvalue weighted by atomic mass is 9.73. The summed E-state index contributed by atoms with van der Waals surface area (Å²) in [5, 5.41) is 11.4. The van der Waals surface area contributed by atoms with E-state index in [9.17, 15) is 9.59 Å². The van der Waals surface area contributed by atoms with Crippen molar-refractivity contribution in [1.29, 1.82) is 0 Å². The zero-order chi connectivity index (χ0) is 26.0. The number of aromatic nitrogens is 2. The first kappa shape index (κ1) is 28.3. The van der Waals surface area contributed by atoms with Gasteiger partial charge in [0.05, 0.1) is 24.7 Å². The Balaban J connectivity index is 1.67. The summed E-state index contributed by atoms with van der Waals surface area (Å²) >= 11 is 1.42. The molecule has 1 aliphatic rings. The number of amides is 1. The van der Waals surface area contributed by atoms with Crippen molar-refractivity contribution >= 4 is 23.5 Å². The third-order valence-electron chi connectivity index (χ3n) is 6.49. The van der Waals surface area contributed by atoms with Crippen LogP contribution in [0.15, 0.2) is 40.0 Å². The predicted molar refractivity (Wildman–Crippen MR) is 141 cm³/mol. The first-order valence-corrected chi connectivity index (χ1v) is 13.9. The molecule has 1 aromatic carbocycles. The second kappa shape index (κ2) is 13.9. The van der Waals surface area contributed by atoms with Crippen molar-refractivity contribution in [3.63, 3.8) is 0 Å². The molecule has 0 bridgehead atoms. The number of carbonyl (C=O) groups excluding carboxylic acids is 2. The molecular weight excluding hydrogens is 476 g/mol. The van der Waals surface area contributed by atoms with Gasteiger partial charge in [-0.05, 0) is 44.8 Å². The summed E-state index contributed by atoms with van der Waals surface area (Å²) < 4.78 is 11.7. The molecule has 1 N–H and O–H groups in total. The second-order valence-electron chi connectivity index (χ2n) is 10.4. The molecule has 0 spiro atoms. The van der Waals surface area contributed by atoms with Gasteiger partial charge in [0.15, 0.2) is 0 Å². The molecule has 0 saturated heterocycles. The number of carbonyl (C=O) groups is 2. The van der Waals surface area contributed by atoms with E-state index in [2.05, 4.69) is 20.4 Å². The Hall–Kier alpha value is -2.23. The van der Waals surface area contributed by atoms with Crippen LogP contribution in [0.1, 0.15) is 68.6 Å². The van der Waals surface area contributed by atoms with Crippen LogP contribution in [0.2, 0.25) is 0 Å². The zero-order valence-corrected chi connectivity index (χ0v) is 22.8. The van der Waals surface area contributed by atoms with Crippen molar-refractivity contribution in [2.75, 3.05) is 33.0 Å². The van der Waals surface area contributed by atoms with E-state index in [-0.39, 0.29) is 23.5 Å². The molecule has 9 heteroatoms. The Labute approximate surface area is 218 Å². The van der Waals surface area contributed by atoms with Gasteiger partial charge in [-0.3, -0.25) is 9.59 Å². The summed E-state index contributed by atoms with van der Waals surface area (Å²) in [6, 6.07) is 9.25. The van der Waals surface area contributed by atoms with E-state index in [4.69, 9.17) is 9.15 Å². The van der Waals surface area contributed by atoms with E-state index in [1.807, 2.05) is 58.3 Å². The molecule has 0 aliphatic heterocycles. The standard InChI is InChI=1S/C27H40N4O4S/c1-20(2)17-22(23(32)24-29-30-26(35-24)36-16-15-31(3)4)28-25(33)27(13-9-6-10-14-27)19-34-18-21-11-7-5-8-12-21/h5,7-8,11-12,20,22H,6,9-10,13-19H2,1-4H3,(H,28,33). The highest BCUT2D eigenvalue weighted by Crippen LogP contribution is 2.37. The van der Waals surface area contributed by atoms with Crippen molar-refractivity contribution in [3.05, 3.63) is 41.8 Å². The van der Waals surface area contributed by atoms with Crippen molar-refractivity contribution in [1.82, 2.24) is 20.4 Å². The highest BCUT2D eigenvalue weighted by molar-refractivity contribution is 7.99. The number of ether oxygens (including phenoxy) is 1. The molecule has 1 unspecified atom stereocenters. The third-order valence-corrected chi connectivity index (χ3v) is 7.29. The molecule has 2 aromatic rings. The molecule has 36 heavy (non-hydrogen) atoms. The van der Waals surface area contributed by atoms with E-state index >= 15 is 0 Å². The molecule has 1 amide bonds. The Kier molecular flexibility index (Phi) is 10.9. The molecule has 1 saturated carbocycles. The van der Waals surface area contributed by atoms with Gasteiger partial charge in [-0.2, -0.15) is 0 Å². The monoisotopic (exact) mass is 516 g/mol. The van der Waals surface area contributed by atoms with Crippen LogP contribution < -0.4 is 5.32 Å². The first-order chi connectivity index (χ1) is 17.3. The third kappa shape index (κ3) is 8.42. The maximum atomic E-state index is 13.7. The van der Waals surface area contributed by atoms with Gasteiger partial charge >= 0.3 is 0 Å². The van der Waals surface area contributed by atoms with Gasteiger partial charge in [0, 0.05) is 12.3 Å². The number of nitrogens with one attached hydrogen (secondary N) is 1. The molecule has 1 heterocycles. The lowest BCUT2D eigenvalue weighted by Gasteiger charge is -2.36. The fourth-order valence-electron chi connectivity index (χ4n) is 4.45. The van der Waals surface area contributed by atoms with Gasteiger partial charge in [-0.15, -0.1) is 10.2 Å². The van der Waals surface area contributed by atoms with Crippen LogP contribution in [0, 0.1) is 11.3 Å². The summed E-state index contributed by atoms with van der Waals surface area (Å²) in [4.78, 5) is 29.1. The fourth-order valence-corrected chi connectivity index (χ4v) is 5.32. The molecule has 198 valence electrons. The van der Waals surface area contributed by atoms with E-state index in [1.54, 1.807) is 0 Å². The van der Waals surface area contributed by atoms with Gasteiger partial charge < -0.3 is 19.4 Å². The van der Waals surface area contributed by atoms with Gasteiger partial charge in [0.25, 0.3) is 11.1 Å². The minimum Gasteiger partial charge on any atom is -0.408 e. The lowest BCUT2D eigenvalue weighted by molar-refractivity contribution is -0.138. The number of hydrogen-bond donors (Lipinski definition) is 1. The minimum absolute atomic E-state index is 0.0497. The van der Waals surface area contributed by atoms with Crippen LogP contribution in [0.4, 0.5) is 0 Å². The SMILES string of the molecule is CC(C)CC(NC(=O)C1(COCc2ccccc2)CCCCC1)C(=O)c1nnc(SCCN(C)C)o1. The maximum absolute atomic E-state index is 13.7. The predicted octanol–water partition coefficient (Wildman–Crippen LogP) is 4.60. The van der Waals surface area contributed by atoms with Crippen LogP contribution in [-0.4, -0.2) is 65.8 Å². The second-order valence-corrected chi connectivity index (χ2v) is 11.4. The molecule has 1 fully saturated rings. The van der Waals surface area contributed by atoms with E-state index in [0.29, 0.717) is 24.9 Å². The Morgan fingerprint density at radius 2 is 1.86 bits per heavy atom. The number of hydrogen-bond acceptors (Lipinski definition) is 8. The Morgan fingerprint density at radius 3 is 2.53 bits per heavy atom. The molecule has 3 rings (SSSR count). The molecular formula is C27H40N4O4S. The highest BCUT2D eigenvalue weighted by Gasteiger charge is 2.42. The smallest absolute Gasteiger partial charge is 0.286 e.